The smallest absolute Gasteiger partial charge is 0.387 e. The van der Waals surface area contributed by atoms with Gasteiger partial charge in [0.05, 0.1) is 0 Å². The Balaban J connectivity index is 2.91. The maximum atomic E-state index is 12.3. The Hall–Kier alpha value is -1.69. The van der Waals surface area contributed by atoms with E-state index < -0.39 is 18.6 Å². The summed E-state index contributed by atoms with van der Waals surface area (Å²) in [4.78, 5) is 10.7. The van der Waals surface area contributed by atoms with Gasteiger partial charge in [-0.2, -0.15) is 8.78 Å². The van der Waals surface area contributed by atoms with Gasteiger partial charge in [0.25, 0.3) is 0 Å². The third-order valence-electron chi connectivity index (χ3n) is 2.86. The molecule has 1 unspecified atom stereocenters. The summed E-state index contributed by atoms with van der Waals surface area (Å²) in [7, 11) is 0. The van der Waals surface area contributed by atoms with Gasteiger partial charge < -0.3 is 15.2 Å². The molecule has 1 aromatic rings. The van der Waals surface area contributed by atoms with Crippen LogP contribution < -0.4 is 10.1 Å². The maximum absolute atomic E-state index is 12.3. The zero-order valence-electron chi connectivity index (χ0n) is 11.0. The van der Waals surface area contributed by atoms with E-state index in [1.165, 1.54) is 13.0 Å². The van der Waals surface area contributed by atoms with Crippen molar-refractivity contribution in [1.82, 2.24) is 5.32 Å². The van der Waals surface area contributed by atoms with Crippen LogP contribution in [0.15, 0.2) is 12.1 Å². The molecule has 6 heteroatoms. The molecule has 106 valence electrons. The number of aryl methyl sites for hydroxylation is 2. The molecule has 2 N–H and O–H groups in total. The molecular formula is C13H17F2NO3. The molecule has 0 radical (unpaired) electrons. The molecule has 0 heterocycles. The molecule has 0 aliphatic carbocycles. The number of nitrogens with one attached hydrogen (secondary N) is 1. The Labute approximate surface area is 110 Å². The van der Waals surface area contributed by atoms with Crippen molar-refractivity contribution in [1.29, 1.82) is 0 Å². The van der Waals surface area contributed by atoms with E-state index >= 15 is 0 Å². The number of ether oxygens (including phenoxy) is 1. The molecule has 1 rings (SSSR count). The topological polar surface area (TPSA) is 58.6 Å². The van der Waals surface area contributed by atoms with Gasteiger partial charge in [-0.25, -0.2) is 0 Å². The van der Waals surface area contributed by atoms with Crippen molar-refractivity contribution in [2.45, 2.75) is 40.0 Å². The van der Waals surface area contributed by atoms with E-state index in [-0.39, 0.29) is 12.3 Å². The zero-order chi connectivity index (χ0) is 14.6. The fourth-order valence-electron chi connectivity index (χ4n) is 1.54. The second-order valence-electron chi connectivity index (χ2n) is 4.36. The molecule has 0 spiro atoms. The van der Waals surface area contributed by atoms with Crippen LogP contribution >= 0.6 is 0 Å². The molecule has 0 aliphatic rings. The second-order valence-corrected chi connectivity index (χ2v) is 4.36. The highest BCUT2D eigenvalue weighted by Gasteiger charge is 2.14. The molecule has 0 aromatic heterocycles. The summed E-state index contributed by atoms with van der Waals surface area (Å²) in [6, 6.07) is 2.49. The van der Waals surface area contributed by atoms with E-state index in [9.17, 15) is 13.6 Å². The lowest BCUT2D eigenvalue weighted by atomic mass is 10.0. The number of carboxylic acid groups (broad SMARTS) is 1. The summed E-state index contributed by atoms with van der Waals surface area (Å²) in [5.74, 6) is -0.927. The highest BCUT2D eigenvalue weighted by Crippen LogP contribution is 2.25. The van der Waals surface area contributed by atoms with E-state index in [0.717, 1.165) is 11.1 Å². The molecule has 1 atom stereocenters. The lowest BCUT2D eigenvalue weighted by Crippen LogP contribution is -2.33. The highest BCUT2D eigenvalue weighted by atomic mass is 19.3. The Morgan fingerprint density at radius 1 is 1.37 bits per heavy atom. The Morgan fingerprint density at radius 3 is 2.47 bits per heavy atom. The molecule has 1 aromatic carbocycles. The van der Waals surface area contributed by atoms with Gasteiger partial charge in [0.2, 0.25) is 0 Å². The minimum absolute atomic E-state index is 0.0724. The number of carbonyl (C=O) groups is 1. The van der Waals surface area contributed by atoms with Crippen LogP contribution in [0.25, 0.3) is 0 Å². The Kier molecular flexibility index (Phi) is 5.23. The van der Waals surface area contributed by atoms with Crippen LogP contribution in [0.5, 0.6) is 5.75 Å². The van der Waals surface area contributed by atoms with E-state index in [1.807, 2.05) is 6.92 Å². The van der Waals surface area contributed by atoms with Gasteiger partial charge in [0.15, 0.2) is 0 Å². The van der Waals surface area contributed by atoms with Crippen molar-refractivity contribution in [3.05, 3.63) is 28.8 Å². The third-order valence-corrected chi connectivity index (χ3v) is 2.86. The van der Waals surface area contributed by atoms with Crippen molar-refractivity contribution < 1.29 is 23.4 Å². The van der Waals surface area contributed by atoms with Crippen molar-refractivity contribution in [3.8, 4) is 5.75 Å². The van der Waals surface area contributed by atoms with Crippen molar-refractivity contribution in [2.75, 3.05) is 0 Å². The quantitative estimate of drug-likeness (QED) is 0.836. The Bertz CT molecular complexity index is 463. The number of alkyl halides is 2. The van der Waals surface area contributed by atoms with Gasteiger partial charge in [-0.3, -0.25) is 4.79 Å². The minimum Gasteiger partial charge on any atom is -0.480 e. The molecule has 0 amide bonds. The molecular weight excluding hydrogens is 256 g/mol. The van der Waals surface area contributed by atoms with Gasteiger partial charge >= 0.3 is 12.6 Å². The van der Waals surface area contributed by atoms with E-state index in [1.54, 1.807) is 13.0 Å². The molecule has 0 aliphatic heterocycles. The van der Waals surface area contributed by atoms with Gasteiger partial charge in [-0.15, -0.1) is 0 Å². The lowest BCUT2D eigenvalue weighted by molar-refractivity contribution is -0.139. The highest BCUT2D eigenvalue weighted by molar-refractivity contribution is 5.72. The predicted octanol–water partition coefficient (Wildman–Crippen LogP) is 2.47. The van der Waals surface area contributed by atoms with Gasteiger partial charge in [0.1, 0.15) is 11.8 Å². The molecule has 0 fully saturated rings. The van der Waals surface area contributed by atoms with Crippen LogP contribution in [0.2, 0.25) is 0 Å². The number of rotatable bonds is 6. The number of carboxylic acids is 1. The average Bonchev–Trinajstić information content (AvgIpc) is 2.30. The van der Waals surface area contributed by atoms with E-state index in [4.69, 9.17) is 5.11 Å². The van der Waals surface area contributed by atoms with Crippen LogP contribution in [0.3, 0.4) is 0 Å². The summed E-state index contributed by atoms with van der Waals surface area (Å²) in [6.45, 7) is 2.38. The second kappa shape index (κ2) is 6.47. The SMILES string of the molecule is Cc1cc(CNC(C)C(=O)O)c(OC(F)F)cc1C. The van der Waals surface area contributed by atoms with Crippen LogP contribution in [0, 0.1) is 13.8 Å². The van der Waals surface area contributed by atoms with Gasteiger partial charge in [-0.1, -0.05) is 6.07 Å². The van der Waals surface area contributed by atoms with E-state index in [2.05, 4.69) is 10.1 Å². The fraction of sp³-hybridized carbons (Fsp3) is 0.462. The molecule has 4 nitrogen and oxygen atoms in total. The first kappa shape index (κ1) is 15.4. The van der Waals surface area contributed by atoms with Crippen molar-refractivity contribution in [3.63, 3.8) is 0 Å². The average molecular weight is 273 g/mol. The van der Waals surface area contributed by atoms with Crippen LogP contribution in [0.1, 0.15) is 23.6 Å². The first-order valence-corrected chi connectivity index (χ1v) is 5.82. The summed E-state index contributed by atoms with van der Waals surface area (Å²) in [5.41, 5.74) is 2.28. The third kappa shape index (κ3) is 4.48. The molecule has 0 saturated heterocycles. The minimum atomic E-state index is -2.90. The first-order chi connectivity index (χ1) is 8.81. The van der Waals surface area contributed by atoms with Crippen LogP contribution in [0.4, 0.5) is 8.78 Å². The predicted molar refractivity (Wildman–Crippen MR) is 66.5 cm³/mol. The largest absolute Gasteiger partial charge is 0.480 e. The molecule has 19 heavy (non-hydrogen) atoms. The number of benzene rings is 1. The van der Waals surface area contributed by atoms with Crippen molar-refractivity contribution in [2.24, 2.45) is 0 Å². The standard InChI is InChI=1S/C13H17F2NO3/c1-7-4-10(6-16-9(3)12(17)18)11(5-8(7)2)19-13(14)15/h4-5,9,13,16H,6H2,1-3H3,(H,17,18). The molecule has 0 bridgehead atoms. The number of halogens is 2. The number of hydrogen-bond acceptors (Lipinski definition) is 3. The normalized spacial score (nSPS) is 12.5. The zero-order valence-corrected chi connectivity index (χ0v) is 11.0. The fourth-order valence-corrected chi connectivity index (χ4v) is 1.54. The maximum Gasteiger partial charge on any atom is 0.387 e. The first-order valence-electron chi connectivity index (χ1n) is 5.82. The van der Waals surface area contributed by atoms with Crippen molar-refractivity contribution >= 4 is 5.97 Å². The lowest BCUT2D eigenvalue weighted by Gasteiger charge is -2.15. The monoisotopic (exact) mass is 273 g/mol. The van der Waals surface area contributed by atoms with Gasteiger partial charge in [-0.05, 0) is 38.0 Å². The number of aliphatic carboxylic acids is 1. The summed E-state index contributed by atoms with van der Waals surface area (Å²) in [6.07, 6.45) is 0. The Morgan fingerprint density at radius 2 is 1.95 bits per heavy atom. The summed E-state index contributed by atoms with van der Waals surface area (Å²) in [5, 5.41) is 11.5. The number of hydrogen-bond donors (Lipinski definition) is 2. The van der Waals surface area contributed by atoms with Crippen LogP contribution in [-0.2, 0) is 11.3 Å². The summed E-state index contributed by atoms with van der Waals surface area (Å²) < 4.78 is 29.1. The molecule has 0 saturated carbocycles. The van der Waals surface area contributed by atoms with Gasteiger partial charge in [0, 0.05) is 12.1 Å². The summed E-state index contributed by atoms with van der Waals surface area (Å²) >= 11 is 0. The van der Waals surface area contributed by atoms with Crippen LogP contribution in [-0.4, -0.2) is 23.7 Å². The van der Waals surface area contributed by atoms with E-state index in [0.29, 0.717) is 5.56 Å².